The molecule has 3 rings (SSSR count). The zero-order chi connectivity index (χ0) is 10.1. The lowest BCUT2D eigenvalue weighted by molar-refractivity contribution is 0.127. The molecule has 1 nitrogen and oxygen atoms in total. The van der Waals surface area contributed by atoms with Crippen LogP contribution >= 0.6 is 0 Å². The van der Waals surface area contributed by atoms with Crippen molar-refractivity contribution in [3.63, 3.8) is 0 Å². The van der Waals surface area contributed by atoms with E-state index in [1.165, 1.54) is 11.1 Å². The summed E-state index contributed by atoms with van der Waals surface area (Å²) in [7, 11) is 0. The second kappa shape index (κ2) is 3.58. The minimum Gasteiger partial charge on any atom is -0.493 e. The van der Waals surface area contributed by atoms with E-state index in [1.54, 1.807) is 0 Å². The van der Waals surface area contributed by atoms with Gasteiger partial charge in [0.1, 0.15) is 6.10 Å². The predicted molar refractivity (Wildman–Crippen MR) is 61.2 cm³/mol. The first-order valence-electron chi connectivity index (χ1n) is 5.50. The van der Waals surface area contributed by atoms with Gasteiger partial charge in [-0.25, -0.2) is 0 Å². The van der Waals surface area contributed by atoms with Gasteiger partial charge in [0.05, 0.1) is 6.26 Å². The van der Waals surface area contributed by atoms with Crippen LogP contribution < -0.4 is 0 Å². The van der Waals surface area contributed by atoms with E-state index in [0.717, 1.165) is 12.8 Å². The summed E-state index contributed by atoms with van der Waals surface area (Å²) in [5.41, 5.74) is 2.63. The Morgan fingerprint density at radius 2 is 2.00 bits per heavy atom. The Balaban J connectivity index is 1.85. The van der Waals surface area contributed by atoms with Crippen LogP contribution in [0.15, 0.2) is 48.7 Å². The van der Waals surface area contributed by atoms with Gasteiger partial charge < -0.3 is 4.74 Å². The summed E-state index contributed by atoms with van der Waals surface area (Å²) in [5, 5.41) is 0. The molecule has 1 aromatic carbocycles. The fourth-order valence-electron chi connectivity index (χ4n) is 2.36. The quantitative estimate of drug-likeness (QED) is 0.628. The molecule has 2 atom stereocenters. The molecule has 2 aliphatic rings. The first kappa shape index (κ1) is 8.78. The van der Waals surface area contributed by atoms with Crippen LogP contribution in [0.1, 0.15) is 18.4 Å². The fourth-order valence-corrected chi connectivity index (χ4v) is 2.36. The van der Waals surface area contributed by atoms with Crippen LogP contribution in [0, 0.1) is 5.92 Å². The Hall–Kier alpha value is -1.50. The Morgan fingerprint density at radius 1 is 1.13 bits per heavy atom. The number of hydrogen-bond donors (Lipinski definition) is 0. The molecule has 0 N–H and O–H groups in total. The van der Waals surface area contributed by atoms with Gasteiger partial charge in [-0.15, -0.1) is 0 Å². The number of ether oxygens (including phenoxy) is 1. The summed E-state index contributed by atoms with van der Waals surface area (Å²) in [5.74, 6) is 0.658. The van der Waals surface area contributed by atoms with Gasteiger partial charge in [-0.2, -0.15) is 0 Å². The summed E-state index contributed by atoms with van der Waals surface area (Å²) in [6, 6.07) is 10.5. The molecule has 76 valence electrons. The third-order valence-corrected chi connectivity index (χ3v) is 3.22. The highest BCUT2D eigenvalue weighted by molar-refractivity contribution is 5.65. The molecule has 0 radical (unpaired) electrons. The van der Waals surface area contributed by atoms with Gasteiger partial charge in [0, 0.05) is 5.92 Å². The standard InChI is InChI=1S/C14H14O/c1-2-5-11(6-3-1)13-9-12-7-4-8-14(12)15-10-13/h1-6,8,10,12,14H,7,9H2/t12-,14+/m1/s1. The second-order valence-corrected chi connectivity index (χ2v) is 4.24. The van der Waals surface area contributed by atoms with Gasteiger partial charge in [0.2, 0.25) is 0 Å². The lowest BCUT2D eigenvalue weighted by atomic mass is 9.90. The van der Waals surface area contributed by atoms with Gasteiger partial charge >= 0.3 is 0 Å². The molecule has 0 saturated heterocycles. The van der Waals surface area contributed by atoms with Crippen LogP contribution in [-0.2, 0) is 4.74 Å². The largest absolute Gasteiger partial charge is 0.493 e. The number of benzene rings is 1. The lowest BCUT2D eigenvalue weighted by Crippen LogP contribution is -2.20. The molecule has 0 bridgehead atoms. The van der Waals surface area contributed by atoms with E-state index in [9.17, 15) is 0 Å². The van der Waals surface area contributed by atoms with Crippen LogP contribution in [-0.4, -0.2) is 6.10 Å². The minimum atomic E-state index is 0.331. The van der Waals surface area contributed by atoms with E-state index < -0.39 is 0 Å². The average Bonchev–Trinajstić information content (AvgIpc) is 2.77. The molecule has 0 aromatic heterocycles. The molecular weight excluding hydrogens is 184 g/mol. The molecule has 1 aliphatic carbocycles. The van der Waals surface area contributed by atoms with E-state index in [1.807, 2.05) is 12.3 Å². The van der Waals surface area contributed by atoms with Crippen LogP contribution in [0.3, 0.4) is 0 Å². The van der Waals surface area contributed by atoms with Crippen LogP contribution in [0.2, 0.25) is 0 Å². The zero-order valence-corrected chi connectivity index (χ0v) is 8.60. The van der Waals surface area contributed by atoms with E-state index in [-0.39, 0.29) is 0 Å². The highest BCUT2D eigenvalue weighted by Gasteiger charge is 2.28. The van der Waals surface area contributed by atoms with Crippen LogP contribution in [0.5, 0.6) is 0 Å². The molecule has 15 heavy (non-hydrogen) atoms. The highest BCUT2D eigenvalue weighted by atomic mass is 16.5. The molecule has 0 amide bonds. The predicted octanol–water partition coefficient (Wildman–Crippen LogP) is 3.39. The van der Waals surface area contributed by atoms with Gasteiger partial charge in [0.15, 0.2) is 0 Å². The lowest BCUT2D eigenvalue weighted by Gasteiger charge is -2.26. The molecule has 0 spiro atoms. The maximum atomic E-state index is 5.72. The number of fused-ring (bicyclic) bond motifs is 1. The number of allylic oxidation sites excluding steroid dienone is 2. The molecule has 0 fully saturated rings. The van der Waals surface area contributed by atoms with Gasteiger partial charge in [-0.1, -0.05) is 36.4 Å². The molecule has 1 heteroatoms. The van der Waals surface area contributed by atoms with Crippen molar-refractivity contribution in [1.29, 1.82) is 0 Å². The molecular formula is C14H14O. The highest BCUT2D eigenvalue weighted by Crippen LogP contribution is 2.36. The number of hydrogen-bond acceptors (Lipinski definition) is 1. The van der Waals surface area contributed by atoms with Crippen LogP contribution in [0.25, 0.3) is 5.57 Å². The van der Waals surface area contributed by atoms with Crippen molar-refractivity contribution < 1.29 is 4.74 Å². The molecule has 0 saturated carbocycles. The summed E-state index contributed by atoms with van der Waals surface area (Å²) >= 11 is 0. The summed E-state index contributed by atoms with van der Waals surface area (Å²) in [6.07, 6.45) is 8.99. The number of rotatable bonds is 1. The maximum Gasteiger partial charge on any atom is 0.119 e. The SMILES string of the molecule is C1=C[C@@H]2OC=C(c3ccccc3)C[C@H]2C1. The summed E-state index contributed by atoms with van der Waals surface area (Å²) < 4.78 is 5.72. The first-order chi connectivity index (χ1) is 7.43. The van der Waals surface area contributed by atoms with E-state index in [2.05, 4.69) is 36.4 Å². The zero-order valence-electron chi connectivity index (χ0n) is 8.60. The maximum absolute atomic E-state index is 5.72. The van der Waals surface area contributed by atoms with E-state index >= 15 is 0 Å². The monoisotopic (exact) mass is 198 g/mol. The van der Waals surface area contributed by atoms with E-state index in [4.69, 9.17) is 4.74 Å². The third kappa shape index (κ3) is 1.58. The van der Waals surface area contributed by atoms with Crippen molar-refractivity contribution in [1.82, 2.24) is 0 Å². The van der Waals surface area contributed by atoms with Gasteiger partial charge in [-0.05, 0) is 30.1 Å². The Kier molecular flexibility index (Phi) is 2.09. The van der Waals surface area contributed by atoms with Crippen molar-refractivity contribution in [2.24, 2.45) is 5.92 Å². The molecule has 1 aromatic rings. The third-order valence-electron chi connectivity index (χ3n) is 3.22. The minimum absolute atomic E-state index is 0.331. The molecule has 1 aliphatic heterocycles. The fraction of sp³-hybridized carbons (Fsp3) is 0.286. The first-order valence-corrected chi connectivity index (χ1v) is 5.50. The van der Waals surface area contributed by atoms with E-state index in [0.29, 0.717) is 12.0 Å². The van der Waals surface area contributed by atoms with Gasteiger partial charge in [0.25, 0.3) is 0 Å². The van der Waals surface area contributed by atoms with Crippen molar-refractivity contribution in [3.8, 4) is 0 Å². The smallest absolute Gasteiger partial charge is 0.119 e. The normalized spacial score (nSPS) is 28.1. The van der Waals surface area contributed by atoms with Crippen molar-refractivity contribution in [2.75, 3.05) is 0 Å². The Labute approximate surface area is 90.1 Å². The summed E-state index contributed by atoms with van der Waals surface area (Å²) in [4.78, 5) is 0. The second-order valence-electron chi connectivity index (χ2n) is 4.24. The van der Waals surface area contributed by atoms with Crippen molar-refractivity contribution >= 4 is 5.57 Å². The van der Waals surface area contributed by atoms with Crippen molar-refractivity contribution in [3.05, 3.63) is 54.3 Å². The van der Waals surface area contributed by atoms with Gasteiger partial charge in [-0.3, -0.25) is 0 Å². The Bertz CT molecular complexity index is 403. The van der Waals surface area contributed by atoms with Crippen molar-refractivity contribution in [2.45, 2.75) is 18.9 Å². The topological polar surface area (TPSA) is 9.23 Å². The van der Waals surface area contributed by atoms with Crippen LogP contribution in [0.4, 0.5) is 0 Å². The average molecular weight is 198 g/mol. The Morgan fingerprint density at radius 3 is 2.87 bits per heavy atom. The summed E-state index contributed by atoms with van der Waals surface area (Å²) in [6.45, 7) is 0. The molecule has 1 heterocycles. The molecule has 0 unspecified atom stereocenters.